The first-order valence-electron chi connectivity index (χ1n) is 5.16. The molecule has 0 fully saturated rings. The van der Waals surface area contributed by atoms with E-state index in [1.54, 1.807) is 6.92 Å². The zero-order valence-electron chi connectivity index (χ0n) is 9.49. The minimum Gasteiger partial charge on any atom is -0.383 e. The van der Waals surface area contributed by atoms with Crippen LogP contribution in [0.2, 0.25) is 0 Å². The van der Waals surface area contributed by atoms with Crippen molar-refractivity contribution < 1.29 is 14.7 Å². The highest BCUT2D eigenvalue weighted by atomic mass is 16.3. The predicted octanol–water partition coefficient (Wildman–Crippen LogP) is -0.227. The summed E-state index contributed by atoms with van der Waals surface area (Å²) in [6.45, 7) is 5.55. The maximum Gasteiger partial charge on any atom is 0.249 e. The molecule has 0 aromatic rings. The van der Waals surface area contributed by atoms with E-state index < -0.39 is 24.0 Å². The molecule has 0 bridgehead atoms. The van der Waals surface area contributed by atoms with Gasteiger partial charge in [0, 0.05) is 0 Å². The minimum absolute atomic E-state index is 0.222. The lowest BCUT2D eigenvalue weighted by atomic mass is 10.1. The van der Waals surface area contributed by atoms with Crippen LogP contribution in [-0.4, -0.2) is 29.1 Å². The number of nitrogens with one attached hydrogen (secondary N) is 1. The molecule has 5 heteroatoms. The van der Waals surface area contributed by atoms with Crippen molar-refractivity contribution in [1.29, 1.82) is 0 Å². The molecule has 4 N–H and O–H groups in total. The molecule has 15 heavy (non-hydrogen) atoms. The van der Waals surface area contributed by atoms with E-state index in [-0.39, 0.29) is 5.92 Å². The highest BCUT2D eigenvalue weighted by Gasteiger charge is 2.21. The molecule has 2 amide bonds. The Morgan fingerprint density at radius 1 is 1.40 bits per heavy atom. The average Bonchev–Trinajstić information content (AvgIpc) is 2.11. The van der Waals surface area contributed by atoms with Gasteiger partial charge in [0.1, 0.15) is 12.1 Å². The number of aliphatic hydroxyl groups excluding tert-OH is 1. The molecule has 5 nitrogen and oxygen atoms in total. The van der Waals surface area contributed by atoms with Crippen LogP contribution < -0.4 is 11.1 Å². The smallest absolute Gasteiger partial charge is 0.249 e. The van der Waals surface area contributed by atoms with Gasteiger partial charge < -0.3 is 16.2 Å². The molecule has 0 heterocycles. The number of hydrogen-bond acceptors (Lipinski definition) is 3. The Hall–Kier alpha value is -1.10. The molecule has 0 saturated carbocycles. The summed E-state index contributed by atoms with van der Waals surface area (Å²) in [5, 5.41) is 11.9. The van der Waals surface area contributed by atoms with Crippen LogP contribution in [0.3, 0.4) is 0 Å². The van der Waals surface area contributed by atoms with Crippen molar-refractivity contribution in [2.45, 2.75) is 45.8 Å². The quantitative estimate of drug-likeness (QED) is 0.572. The van der Waals surface area contributed by atoms with Gasteiger partial charge in [-0.25, -0.2) is 0 Å². The van der Waals surface area contributed by atoms with Crippen LogP contribution in [0.25, 0.3) is 0 Å². The summed E-state index contributed by atoms with van der Waals surface area (Å²) < 4.78 is 0. The molecule has 2 atom stereocenters. The molecule has 0 saturated heterocycles. The summed E-state index contributed by atoms with van der Waals surface area (Å²) in [5.74, 6) is -0.892. The number of aliphatic hydroxyl groups is 1. The fourth-order valence-electron chi connectivity index (χ4n) is 1.20. The molecule has 0 aromatic heterocycles. The van der Waals surface area contributed by atoms with Gasteiger partial charge in [-0.15, -0.1) is 0 Å². The van der Waals surface area contributed by atoms with E-state index >= 15 is 0 Å². The maximum absolute atomic E-state index is 11.4. The number of carbonyl (C=O) groups excluding carboxylic acids is 2. The van der Waals surface area contributed by atoms with E-state index in [9.17, 15) is 14.7 Å². The van der Waals surface area contributed by atoms with Crippen LogP contribution in [0.1, 0.15) is 33.6 Å². The first-order valence-corrected chi connectivity index (χ1v) is 5.16. The fourth-order valence-corrected chi connectivity index (χ4v) is 1.20. The van der Waals surface area contributed by atoms with Gasteiger partial charge in [0.05, 0.1) is 0 Å². The monoisotopic (exact) mass is 216 g/mol. The van der Waals surface area contributed by atoms with Gasteiger partial charge >= 0.3 is 0 Å². The van der Waals surface area contributed by atoms with E-state index in [4.69, 9.17) is 5.73 Å². The second kappa shape index (κ2) is 6.40. The Kier molecular flexibility index (Phi) is 5.93. The Balaban J connectivity index is 4.16. The van der Waals surface area contributed by atoms with Crippen molar-refractivity contribution in [3.8, 4) is 0 Å². The molecule has 0 rings (SSSR count). The zero-order chi connectivity index (χ0) is 12.0. The van der Waals surface area contributed by atoms with Crippen LogP contribution in [-0.2, 0) is 9.59 Å². The van der Waals surface area contributed by atoms with Crippen molar-refractivity contribution in [1.82, 2.24) is 5.32 Å². The largest absolute Gasteiger partial charge is 0.383 e. The Morgan fingerprint density at radius 2 is 1.93 bits per heavy atom. The Morgan fingerprint density at radius 3 is 2.27 bits per heavy atom. The van der Waals surface area contributed by atoms with Crippen LogP contribution in [0.4, 0.5) is 0 Å². The molecule has 88 valence electrons. The van der Waals surface area contributed by atoms with Gasteiger partial charge in [-0.05, 0) is 18.8 Å². The van der Waals surface area contributed by atoms with E-state index in [1.165, 1.54) is 0 Å². The lowest BCUT2D eigenvalue weighted by molar-refractivity contribution is -0.133. The van der Waals surface area contributed by atoms with Crippen molar-refractivity contribution in [3.05, 3.63) is 0 Å². The Bertz CT molecular complexity index is 229. The summed E-state index contributed by atoms with van der Waals surface area (Å²) in [6.07, 6.45) is -0.269. The zero-order valence-corrected chi connectivity index (χ0v) is 9.49. The molecule has 0 aliphatic rings. The topological polar surface area (TPSA) is 92.4 Å². The van der Waals surface area contributed by atoms with Crippen LogP contribution in [0.5, 0.6) is 0 Å². The van der Waals surface area contributed by atoms with Gasteiger partial charge in [-0.2, -0.15) is 0 Å². The number of nitrogens with two attached hydrogens (primary N) is 1. The molecule has 0 unspecified atom stereocenters. The third-order valence-corrected chi connectivity index (χ3v) is 2.07. The number of rotatable bonds is 6. The van der Waals surface area contributed by atoms with Gasteiger partial charge in [-0.1, -0.05) is 20.8 Å². The summed E-state index contributed by atoms with van der Waals surface area (Å²) in [6, 6.07) is -0.695. The summed E-state index contributed by atoms with van der Waals surface area (Å²) in [5.41, 5.74) is 5.06. The van der Waals surface area contributed by atoms with Crippen molar-refractivity contribution in [2.75, 3.05) is 0 Å². The van der Waals surface area contributed by atoms with Crippen LogP contribution >= 0.6 is 0 Å². The maximum atomic E-state index is 11.4. The van der Waals surface area contributed by atoms with E-state index in [1.807, 2.05) is 13.8 Å². The van der Waals surface area contributed by atoms with Gasteiger partial charge in [-0.3, -0.25) is 9.59 Å². The fraction of sp³-hybridized carbons (Fsp3) is 0.800. The summed E-state index contributed by atoms with van der Waals surface area (Å²) in [7, 11) is 0. The van der Waals surface area contributed by atoms with Crippen LogP contribution in [0.15, 0.2) is 0 Å². The SMILES string of the molecule is CC[C@@H](NC(=O)[C@@H](O)CC(C)C)C(N)=O. The molecule has 0 radical (unpaired) electrons. The average molecular weight is 216 g/mol. The third-order valence-electron chi connectivity index (χ3n) is 2.07. The molecule has 0 aromatic carbocycles. The number of primary amides is 1. The number of hydrogen-bond donors (Lipinski definition) is 3. The summed E-state index contributed by atoms with van der Waals surface area (Å²) >= 11 is 0. The standard InChI is InChI=1S/C10H20N2O3/c1-4-7(9(11)14)12-10(15)8(13)5-6(2)3/h6-8,13H,4-5H2,1-3H3,(H2,11,14)(H,12,15)/t7-,8+/m1/s1. The third kappa shape index (κ3) is 5.37. The molecular formula is C10H20N2O3. The second-order valence-corrected chi connectivity index (χ2v) is 4.02. The van der Waals surface area contributed by atoms with Gasteiger partial charge in [0.2, 0.25) is 11.8 Å². The van der Waals surface area contributed by atoms with E-state index in [0.29, 0.717) is 12.8 Å². The predicted molar refractivity (Wildman–Crippen MR) is 56.9 cm³/mol. The summed E-state index contributed by atoms with van der Waals surface area (Å²) in [4.78, 5) is 22.2. The first kappa shape index (κ1) is 13.9. The van der Waals surface area contributed by atoms with Crippen molar-refractivity contribution in [3.63, 3.8) is 0 Å². The van der Waals surface area contributed by atoms with E-state index in [2.05, 4.69) is 5.32 Å². The normalized spacial score (nSPS) is 14.7. The van der Waals surface area contributed by atoms with Crippen molar-refractivity contribution in [2.24, 2.45) is 11.7 Å². The molecule has 0 aliphatic heterocycles. The lowest BCUT2D eigenvalue weighted by Crippen LogP contribution is -2.47. The molecular weight excluding hydrogens is 196 g/mol. The second-order valence-electron chi connectivity index (χ2n) is 4.02. The van der Waals surface area contributed by atoms with Crippen molar-refractivity contribution >= 4 is 11.8 Å². The number of amides is 2. The first-order chi connectivity index (χ1) is 6.88. The Labute approximate surface area is 90.0 Å². The lowest BCUT2D eigenvalue weighted by Gasteiger charge is -2.17. The minimum atomic E-state index is -1.07. The highest BCUT2D eigenvalue weighted by Crippen LogP contribution is 2.04. The van der Waals surface area contributed by atoms with E-state index in [0.717, 1.165) is 0 Å². The molecule has 0 aliphatic carbocycles. The van der Waals surface area contributed by atoms with Crippen LogP contribution in [0, 0.1) is 5.92 Å². The number of carbonyl (C=O) groups is 2. The molecule has 0 spiro atoms. The van der Waals surface area contributed by atoms with Gasteiger partial charge in [0.15, 0.2) is 0 Å². The highest BCUT2D eigenvalue weighted by molar-refractivity contribution is 5.88. The van der Waals surface area contributed by atoms with Gasteiger partial charge in [0.25, 0.3) is 0 Å².